The van der Waals surface area contributed by atoms with Crippen molar-refractivity contribution in [1.29, 1.82) is 0 Å². The van der Waals surface area contributed by atoms with Crippen molar-refractivity contribution in [2.75, 3.05) is 0 Å². The number of benzene rings is 1. The molecular formula is C17H13FN2OS. The average molecular weight is 312 g/mol. The lowest BCUT2D eigenvalue weighted by Crippen LogP contribution is -2.01. The number of rotatable bonds is 4. The van der Waals surface area contributed by atoms with Crippen molar-refractivity contribution in [2.24, 2.45) is 0 Å². The quantitative estimate of drug-likeness (QED) is 0.532. The highest BCUT2D eigenvalue weighted by Gasteiger charge is 2.13. The predicted octanol–water partition coefficient (Wildman–Crippen LogP) is 4.28. The van der Waals surface area contributed by atoms with Gasteiger partial charge in [-0.2, -0.15) is 16.4 Å². The number of carbonyl (C=O) groups is 1. The second kappa shape index (κ2) is 6.07. The van der Waals surface area contributed by atoms with Crippen LogP contribution in [0.1, 0.15) is 21.6 Å². The van der Waals surface area contributed by atoms with Crippen LogP contribution in [0.2, 0.25) is 0 Å². The van der Waals surface area contributed by atoms with Crippen LogP contribution in [-0.4, -0.2) is 15.6 Å². The number of allylic oxidation sites excluding steroid dienone is 1. The first-order valence-corrected chi connectivity index (χ1v) is 7.64. The summed E-state index contributed by atoms with van der Waals surface area (Å²) >= 11 is 1.58. The lowest BCUT2D eigenvalue weighted by atomic mass is 10.1. The molecule has 3 nitrogen and oxygen atoms in total. The average Bonchev–Trinajstić information content (AvgIpc) is 3.15. The van der Waals surface area contributed by atoms with Crippen LogP contribution in [0.15, 0.2) is 53.4 Å². The summed E-state index contributed by atoms with van der Waals surface area (Å²) in [5.74, 6) is -0.402. The molecule has 3 aromatic rings. The molecule has 0 bridgehead atoms. The smallest absolute Gasteiger partial charge is 0.189 e. The number of halogens is 1. The van der Waals surface area contributed by atoms with Crippen LogP contribution in [-0.2, 0) is 0 Å². The van der Waals surface area contributed by atoms with Crippen LogP contribution < -0.4 is 0 Å². The maximum Gasteiger partial charge on any atom is 0.189 e. The molecule has 0 aliphatic carbocycles. The van der Waals surface area contributed by atoms with Gasteiger partial charge in [0.05, 0.1) is 23.1 Å². The third-order valence-electron chi connectivity index (χ3n) is 3.32. The van der Waals surface area contributed by atoms with Crippen LogP contribution in [0, 0.1) is 12.7 Å². The standard InChI is InChI=1S/C17H13FN2OS/c1-12-16(17(21)7-2-13-8-9-22-11-13)10-19-20(12)15-5-3-14(18)4-6-15/h2-11H,1H3. The van der Waals surface area contributed by atoms with Gasteiger partial charge in [0.15, 0.2) is 5.78 Å². The van der Waals surface area contributed by atoms with Crippen molar-refractivity contribution in [3.63, 3.8) is 0 Å². The molecule has 3 rings (SSSR count). The summed E-state index contributed by atoms with van der Waals surface area (Å²) in [6.45, 7) is 1.82. The van der Waals surface area contributed by atoms with E-state index in [1.165, 1.54) is 12.1 Å². The SMILES string of the molecule is Cc1c(C(=O)C=Cc2ccsc2)cnn1-c1ccc(F)cc1. The van der Waals surface area contributed by atoms with Crippen molar-refractivity contribution in [3.05, 3.63) is 76.0 Å². The summed E-state index contributed by atoms with van der Waals surface area (Å²) in [7, 11) is 0. The Balaban J connectivity index is 1.87. The van der Waals surface area contributed by atoms with Crippen LogP contribution in [0.4, 0.5) is 4.39 Å². The summed E-state index contributed by atoms with van der Waals surface area (Å²) in [5.41, 5.74) is 2.99. The Morgan fingerprint density at radius 1 is 1.27 bits per heavy atom. The molecule has 0 fully saturated rings. The van der Waals surface area contributed by atoms with Gasteiger partial charge < -0.3 is 0 Å². The third kappa shape index (κ3) is 2.89. The first-order valence-electron chi connectivity index (χ1n) is 6.70. The molecule has 5 heteroatoms. The molecule has 0 saturated carbocycles. The molecule has 0 N–H and O–H groups in total. The fourth-order valence-electron chi connectivity index (χ4n) is 2.13. The number of ketones is 1. The molecular weight excluding hydrogens is 299 g/mol. The van der Waals surface area contributed by atoms with Crippen molar-refractivity contribution < 1.29 is 9.18 Å². The second-order valence-corrected chi connectivity index (χ2v) is 5.57. The molecule has 110 valence electrons. The number of thiophene rings is 1. The summed E-state index contributed by atoms with van der Waals surface area (Å²) in [6, 6.07) is 7.95. The first kappa shape index (κ1) is 14.4. The minimum atomic E-state index is -0.302. The Hall–Kier alpha value is -2.53. The zero-order chi connectivity index (χ0) is 15.5. The highest BCUT2D eigenvalue weighted by molar-refractivity contribution is 7.08. The second-order valence-electron chi connectivity index (χ2n) is 4.79. The molecule has 0 atom stereocenters. The van der Waals surface area contributed by atoms with Crippen LogP contribution in [0.5, 0.6) is 0 Å². The molecule has 2 aromatic heterocycles. The maximum absolute atomic E-state index is 13.0. The van der Waals surface area contributed by atoms with Gasteiger partial charge in [0, 0.05) is 0 Å². The van der Waals surface area contributed by atoms with E-state index in [-0.39, 0.29) is 11.6 Å². The molecule has 0 radical (unpaired) electrons. The van der Waals surface area contributed by atoms with E-state index in [4.69, 9.17) is 0 Å². The highest BCUT2D eigenvalue weighted by Crippen LogP contribution is 2.16. The van der Waals surface area contributed by atoms with E-state index in [0.29, 0.717) is 5.56 Å². The molecule has 22 heavy (non-hydrogen) atoms. The van der Waals surface area contributed by atoms with E-state index in [1.54, 1.807) is 46.5 Å². The van der Waals surface area contributed by atoms with Gasteiger partial charge in [-0.25, -0.2) is 9.07 Å². The van der Waals surface area contributed by atoms with Gasteiger partial charge in [-0.1, -0.05) is 6.08 Å². The summed E-state index contributed by atoms with van der Waals surface area (Å²) in [4.78, 5) is 12.3. The van der Waals surface area contributed by atoms with E-state index in [2.05, 4.69) is 5.10 Å². The van der Waals surface area contributed by atoms with Gasteiger partial charge in [0.2, 0.25) is 0 Å². The monoisotopic (exact) mass is 312 g/mol. The van der Waals surface area contributed by atoms with Gasteiger partial charge in [0.1, 0.15) is 5.82 Å². The minimum absolute atomic E-state index is 0.0999. The van der Waals surface area contributed by atoms with Crippen LogP contribution in [0.3, 0.4) is 0 Å². The van der Waals surface area contributed by atoms with Crippen molar-refractivity contribution in [3.8, 4) is 5.69 Å². The van der Waals surface area contributed by atoms with E-state index in [1.807, 2.05) is 23.8 Å². The molecule has 0 aliphatic rings. The zero-order valence-corrected chi connectivity index (χ0v) is 12.7. The van der Waals surface area contributed by atoms with Crippen molar-refractivity contribution in [1.82, 2.24) is 9.78 Å². The molecule has 2 heterocycles. The summed E-state index contributed by atoms with van der Waals surface area (Å²) in [5, 5.41) is 8.15. The topological polar surface area (TPSA) is 34.9 Å². The Bertz CT molecular complexity index is 817. The lowest BCUT2D eigenvalue weighted by molar-refractivity contribution is 0.104. The largest absolute Gasteiger partial charge is 0.289 e. The molecule has 1 aromatic carbocycles. The maximum atomic E-state index is 13.0. The van der Waals surface area contributed by atoms with Gasteiger partial charge in [-0.05, 0) is 59.7 Å². The molecule has 0 saturated heterocycles. The Kier molecular flexibility index (Phi) is 3.98. The lowest BCUT2D eigenvalue weighted by Gasteiger charge is -2.04. The molecule has 0 unspecified atom stereocenters. The van der Waals surface area contributed by atoms with Gasteiger partial charge >= 0.3 is 0 Å². The molecule has 0 spiro atoms. The normalized spacial score (nSPS) is 11.2. The number of carbonyl (C=O) groups excluding carboxylic acids is 1. The Labute approximate surface area is 131 Å². The van der Waals surface area contributed by atoms with Crippen molar-refractivity contribution >= 4 is 23.2 Å². The minimum Gasteiger partial charge on any atom is -0.289 e. The van der Waals surface area contributed by atoms with Crippen LogP contribution >= 0.6 is 11.3 Å². The van der Waals surface area contributed by atoms with Gasteiger partial charge in [0.25, 0.3) is 0 Å². The number of aromatic nitrogens is 2. The Morgan fingerprint density at radius 2 is 2.05 bits per heavy atom. The van der Waals surface area contributed by atoms with Gasteiger partial charge in [-0.15, -0.1) is 0 Å². The van der Waals surface area contributed by atoms with Crippen LogP contribution in [0.25, 0.3) is 11.8 Å². The molecule has 0 aliphatic heterocycles. The Morgan fingerprint density at radius 3 is 2.73 bits per heavy atom. The number of hydrogen-bond donors (Lipinski definition) is 0. The first-order chi connectivity index (χ1) is 10.6. The highest BCUT2D eigenvalue weighted by atomic mass is 32.1. The number of hydrogen-bond acceptors (Lipinski definition) is 3. The van der Waals surface area contributed by atoms with E-state index in [0.717, 1.165) is 16.9 Å². The van der Waals surface area contributed by atoms with E-state index in [9.17, 15) is 9.18 Å². The molecule has 0 amide bonds. The summed E-state index contributed by atoms with van der Waals surface area (Å²) < 4.78 is 14.6. The number of nitrogens with zero attached hydrogens (tertiary/aromatic N) is 2. The van der Waals surface area contributed by atoms with E-state index >= 15 is 0 Å². The zero-order valence-electron chi connectivity index (χ0n) is 11.9. The van der Waals surface area contributed by atoms with Gasteiger partial charge in [-0.3, -0.25) is 4.79 Å². The predicted molar refractivity (Wildman–Crippen MR) is 85.9 cm³/mol. The summed E-state index contributed by atoms with van der Waals surface area (Å²) in [6.07, 6.45) is 4.87. The van der Waals surface area contributed by atoms with E-state index < -0.39 is 0 Å². The fraction of sp³-hybridized carbons (Fsp3) is 0.0588. The third-order valence-corrected chi connectivity index (χ3v) is 4.02. The van der Waals surface area contributed by atoms with Crippen molar-refractivity contribution in [2.45, 2.75) is 6.92 Å². The fourth-order valence-corrected chi connectivity index (χ4v) is 2.75.